The van der Waals surface area contributed by atoms with Gasteiger partial charge < -0.3 is 10.2 Å². The quantitative estimate of drug-likeness (QED) is 0.929. The average molecular weight is 299 g/mol. The Balaban J connectivity index is 2.22. The topological polar surface area (TPSA) is 32.3 Å². The van der Waals surface area contributed by atoms with E-state index in [9.17, 15) is 4.79 Å². The Hall–Kier alpha value is -0.870. The molecule has 2 atom stereocenters. The zero-order valence-corrected chi connectivity index (χ0v) is 13.0. The molecule has 2 unspecified atom stereocenters. The molecule has 5 heteroatoms. The summed E-state index contributed by atoms with van der Waals surface area (Å²) < 4.78 is 0. The predicted octanol–water partition coefficient (Wildman–Crippen LogP) is 3.35. The number of thioether (sulfide) groups is 1. The molecule has 0 aliphatic carbocycles. The highest BCUT2D eigenvalue weighted by molar-refractivity contribution is 8.00. The molecule has 1 aliphatic heterocycles. The van der Waals surface area contributed by atoms with Gasteiger partial charge in [0.05, 0.1) is 5.56 Å². The van der Waals surface area contributed by atoms with Gasteiger partial charge in [0, 0.05) is 41.8 Å². The summed E-state index contributed by atoms with van der Waals surface area (Å²) in [6.45, 7) is 2.23. The third-order valence-electron chi connectivity index (χ3n) is 3.18. The second-order valence-electron chi connectivity index (χ2n) is 5.11. The van der Waals surface area contributed by atoms with E-state index in [2.05, 4.69) is 12.2 Å². The minimum atomic E-state index is -0.00198. The maximum atomic E-state index is 12.2. The molecule has 1 amide bonds. The number of hydrogen-bond donors (Lipinski definition) is 1. The number of halogens is 1. The van der Waals surface area contributed by atoms with E-state index in [-0.39, 0.29) is 5.91 Å². The van der Waals surface area contributed by atoms with Crippen molar-refractivity contribution in [2.24, 2.45) is 0 Å². The molecule has 1 saturated heterocycles. The number of carbonyl (C=O) groups is 1. The molecule has 3 nitrogen and oxygen atoms in total. The molecule has 1 aliphatic rings. The fourth-order valence-corrected chi connectivity index (χ4v) is 3.52. The van der Waals surface area contributed by atoms with Crippen LogP contribution in [0.15, 0.2) is 18.2 Å². The monoisotopic (exact) mass is 298 g/mol. The van der Waals surface area contributed by atoms with Gasteiger partial charge in [-0.05, 0) is 24.6 Å². The second-order valence-corrected chi connectivity index (χ2v) is 7.02. The van der Waals surface area contributed by atoms with Crippen molar-refractivity contribution in [1.29, 1.82) is 0 Å². The number of nitrogens with one attached hydrogen (secondary N) is 1. The van der Waals surface area contributed by atoms with Gasteiger partial charge in [0.25, 0.3) is 5.91 Å². The summed E-state index contributed by atoms with van der Waals surface area (Å²) in [6, 6.07) is 5.80. The smallest absolute Gasteiger partial charge is 0.255 e. The van der Waals surface area contributed by atoms with E-state index in [4.69, 9.17) is 11.6 Å². The van der Waals surface area contributed by atoms with Crippen molar-refractivity contribution in [2.45, 2.75) is 24.6 Å². The number of amides is 1. The van der Waals surface area contributed by atoms with E-state index in [0.29, 0.717) is 21.9 Å². The minimum absolute atomic E-state index is 0.00198. The predicted molar refractivity (Wildman–Crippen MR) is 83.4 cm³/mol. The fraction of sp³-hybridized carbons (Fsp3) is 0.500. The molecule has 19 heavy (non-hydrogen) atoms. The molecule has 1 aromatic carbocycles. The summed E-state index contributed by atoms with van der Waals surface area (Å²) in [5.74, 6) is 1.07. The zero-order chi connectivity index (χ0) is 14.0. The van der Waals surface area contributed by atoms with E-state index in [0.717, 1.165) is 17.9 Å². The largest absolute Gasteiger partial charge is 0.381 e. The molecule has 2 rings (SSSR count). The lowest BCUT2D eigenvalue weighted by Crippen LogP contribution is -2.25. The van der Waals surface area contributed by atoms with Crippen LogP contribution in [0.25, 0.3) is 0 Å². The first-order valence-corrected chi connectivity index (χ1v) is 7.79. The zero-order valence-electron chi connectivity index (χ0n) is 11.4. The Labute approximate surface area is 123 Å². The van der Waals surface area contributed by atoms with Crippen LogP contribution >= 0.6 is 23.4 Å². The molecule has 1 heterocycles. The van der Waals surface area contributed by atoms with E-state index in [1.165, 1.54) is 0 Å². The average Bonchev–Trinajstić information content (AvgIpc) is 2.74. The Bertz CT molecular complexity index is 479. The summed E-state index contributed by atoms with van der Waals surface area (Å²) in [5.41, 5.74) is 1.52. The number of benzene rings is 1. The number of hydrogen-bond acceptors (Lipinski definition) is 3. The summed E-state index contributed by atoms with van der Waals surface area (Å²) in [7, 11) is 3.52. The molecule has 0 spiro atoms. The number of anilines is 1. The Morgan fingerprint density at radius 1 is 1.47 bits per heavy atom. The van der Waals surface area contributed by atoms with Crippen LogP contribution in [0.5, 0.6) is 0 Å². The summed E-state index contributed by atoms with van der Waals surface area (Å²) in [6.07, 6.45) is 1.12. The lowest BCUT2D eigenvalue weighted by molar-refractivity contribution is 0.0828. The Morgan fingerprint density at radius 2 is 2.21 bits per heavy atom. The van der Waals surface area contributed by atoms with Crippen molar-refractivity contribution in [3.8, 4) is 0 Å². The van der Waals surface area contributed by atoms with Crippen LogP contribution in [-0.2, 0) is 0 Å². The lowest BCUT2D eigenvalue weighted by atomic mass is 10.1. The van der Waals surface area contributed by atoms with Crippen molar-refractivity contribution < 1.29 is 4.79 Å². The maximum Gasteiger partial charge on any atom is 0.255 e. The number of rotatable bonds is 3. The van der Waals surface area contributed by atoms with E-state index in [1.807, 2.05) is 17.8 Å². The van der Waals surface area contributed by atoms with Crippen LogP contribution in [0.4, 0.5) is 5.69 Å². The second kappa shape index (κ2) is 6.06. The van der Waals surface area contributed by atoms with Crippen LogP contribution in [0.3, 0.4) is 0 Å². The van der Waals surface area contributed by atoms with Crippen molar-refractivity contribution in [3.05, 3.63) is 28.8 Å². The van der Waals surface area contributed by atoms with Gasteiger partial charge in [-0.25, -0.2) is 0 Å². The fourth-order valence-electron chi connectivity index (χ4n) is 2.20. The van der Waals surface area contributed by atoms with Crippen LogP contribution in [-0.4, -0.2) is 41.9 Å². The first-order chi connectivity index (χ1) is 8.97. The van der Waals surface area contributed by atoms with Crippen molar-refractivity contribution in [1.82, 2.24) is 4.90 Å². The molecule has 0 bridgehead atoms. The normalized spacial score (nSPS) is 22.3. The number of nitrogens with zero attached hydrogens (tertiary/aromatic N) is 1. The molecular formula is C14H19ClN2OS. The van der Waals surface area contributed by atoms with Gasteiger partial charge in [-0.15, -0.1) is 0 Å². The number of carbonyl (C=O) groups excluding carboxylic acids is 1. The highest BCUT2D eigenvalue weighted by atomic mass is 35.5. The SMILES string of the molecule is CC1CC(Nc2cc(Cl)ccc2C(=O)N(C)C)CS1. The van der Waals surface area contributed by atoms with Crippen molar-refractivity contribution in [2.75, 3.05) is 25.2 Å². The van der Waals surface area contributed by atoms with Crippen molar-refractivity contribution >= 4 is 35.0 Å². The van der Waals surface area contributed by atoms with E-state index < -0.39 is 0 Å². The molecular weight excluding hydrogens is 280 g/mol. The standard InChI is InChI=1S/C14H19ClN2OS/c1-9-6-11(8-19-9)16-13-7-10(15)4-5-12(13)14(18)17(2)3/h4-5,7,9,11,16H,6,8H2,1-3H3. The van der Waals surface area contributed by atoms with Crippen molar-refractivity contribution in [3.63, 3.8) is 0 Å². The summed E-state index contributed by atoms with van der Waals surface area (Å²) >= 11 is 8.00. The molecule has 0 saturated carbocycles. The van der Waals surface area contributed by atoms with Crippen LogP contribution in [0.1, 0.15) is 23.7 Å². The van der Waals surface area contributed by atoms with Gasteiger partial charge in [-0.1, -0.05) is 18.5 Å². The third kappa shape index (κ3) is 3.57. The highest BCUT2D eigenvalue weighted by Crippen LogP contribution is 2.30. The molecule has 0 aromatic heterocycles. The van der Waals surface area contributed by atoms with Gasteiger partial charge in [-0.3, -0.25) is 4.79 Å². The summed E-state index contributed by atoms with van der Waals surface area (Å²) in [4.78, 5) is 13.7. The van der Waals surface area contributed by atoms with Gasteiger partial charge in [0.2, 0.25) is 0 Å². The van der Waals surface area contributed by atoms with Gasteiger partial charge in [-0.2, -0.15) is 11.8 Å². The first-order valence-electron chi connectivity index (χ1n) is 6.36. The Kier molecular flexibility index (Phi) is 4.63. The van der Waals surface area contributed by atoms with E-state index in [1.54, 1.807) is 31.1 Å². The molecule has 1 fully saturated rings. The molecule has 1 N–H and O–H groups in total. The van der Waals surface area contributed by atoms with Gasteiger partial charge >= 0.3 is 0 Å². The third-order valence-corrected chi connectivity index (χ3v) is 4.77. The molecule has 1 aromatic rings. The minimum Gasteiger partial charge on any atom is -0.381 e. The van der Waals surface area contributed by atoms with Crippen LogP contribution < -0.4 is 5.32 Å². The molecule has 0 radical (unpaired) electrons. The van der Waals surface area contributed by atoms with Gasteiger partial charge in [0.1, 0.15) is 0 Å². The van der Waals surface area contributed by atoms with Gasteiger partial charge in [0.15, 0.2) is 0 Å². The Morgan fingerprint density at radius 3 is 2.79 bits per heavy atom. The highest BCUT2D eigenvalue weighted by Gasteiger charge is 2.23. The lowest BCUT2D eigenvalue weighted by Gasteiger charge is -2.19. The first kappa shape index (κ1) is 14.5. The summed E-state index contributed by atoms with van der Waals surface area (Å²) in [5, 5.41) is 4.78. The van der Waals surface area contributed by atoms with Crippen LogP contribution in [0, 0.1) is 0 Å². The van der Waals surface area contributed by atoms with Crippen LogP contribution in [0.2, 0.25) is 5.02 Å². The maximum absolute atomic E-state index is 12.2. The van der Waals surface area contributed by atoms with E-state index >= 15 is 0 Å². The molecule has 104 valence electrons.